The van der Waals surface area contributed by atoms with Gasteiger partial charge in [-0.1, -0.05) is 37.1 Å². The molecule has 1 aliphatic heterocycles. The van der Waals surface area contributed by atoms with Gasteiger partial charge in [0.2, 0.25) is 0 Å². The molecule has 0 spiro atoms. The monoisotopic (exact) mass is 379 g/mol. The van der Waals surface area contributed by atoms with Gasteiger partial charge in [0.05, 0.1) is 5.54 Å². The molecule has 1 fully saturated rings. The second kappa shape index (κ2) is 7.78. The standard InChI is InChI=1S/C17H23N.C7H6O3/c1-11-8-9-12(2)16-14-7-5-6-10-17(14,4)18-13(3)15(11)16;8-6-4-2-1-3-5(6)7(9)10/h8-9,14H,5-7,10H2,1-4H3;1-4,8H,(H,9,10). The summed E-state index contributed by atoms with van der Waals surface area (Å²) < 4.78 is 0. The predicted molar refractivity (Wildman–Crippen MR) is 113 cm³/mol. The van der Waals surface area contributed by atoms with Gasteiger partial charge in [-0.3, -0.25) is 4.99 Å². The highest BCUT2D eigenvalue weighted by molar-refractivity contribution is 6.03. The molecule has 2 aromatic carbocycles. The Morgan fingerprint density at radius 1 is 1.07 bits per heavy atom. The fourth-order valence-electron chi connectivity index (χ4n) is 4.76. The normalized spacial score (nSPS) is 22.9. The maximum atomic E-state index is 10.3. The van der Waals surface area contributed by atoms with Gasteiger partial charge < -0.3 is 10.2 Å². The fourth-order valence-corrected chi connectivity index (χ4v) is 4.76. The number of aromatic carboxylic acids is 1. The number of carboxylic acid groups (broad SMARTS) is 1. The summed E-state index contributed by atoms with van der Waals surface area (Å²) in [4.78, 5) is 15.4. The summed E-state index contributed by atoms with van der Waals surface area (Å²) in [5, 5.41) is 17.3. The first kappa shape index (κ1) is 20.1. The molecule has 0 aromatic heterocycles. The number of carbonyl (C=O) groups is 1. The van der Waals surface area contributed by atoms with E-state index in [1.54, 1.807) is 17.7 Å². The van der Waals surface area contributed by atoms with Crippen molar-refractivity contribution in [1.82, 2.24) is 0 Å². The van der Waals surface area contributed by atoms with Gasteiger partial charge in [0, 0.05) is 17.2 Å². The van der Waals surface area contributed by atoms with Crippen molar-refractivity contribution in [2.45, 2.75) is 64.8 Å². The van der Waals surface area contributed by atoms with Crippen LogP contribution < -0.4 is 0 Å². The van der Waals surface area contributed by atoms with Crippen LogP contribution in [-0.4, -0.2) is 27.4 Å². The second-order valence-electron chi connectivity index (χ2n) is 8.16. The second-order valence-corrected chi connectivity index (χ2v) is 8.16. The molecule has 4 nitrogen and oxygen atoms in total. The molecular formula is C24H29NO3. The Labute approximate surface area is 167 Å². The van der Waals surface area contributed by atoms with Crippen LogP contribution in [0.5, 0.6) is 5.75 Å². The van der Waals surface area contributed by atoms with E-state index >= 15 is 0 Å². The molecule has 28 heavy (non-hydrogen) atoms. The first-order valence-corrected chi connectivity index (χ1v) is 9.93. The van der Waals surface area contributed by atoms with Crippen LogP contribution in [0.4, 0.5) is 0 Å². The van der Waals surface area contributed by atoms with E-state index in [1.807, 2.05) is 0 Å². The highest BCUT2D eigenvalue weighted by Crippen LogP contribution is 2.48. The molecule has 0 bridgehead atoms. The summed E-state index contributed by atoms with van der Waals surface area (Å²) >= 11 is 0. The minimum atomic E-state index is -1.11. The topological polar surface area (TPSA) is 69.9 Å². The van der Waals surface area contributed by atoms with Gasteiger partial charge >= 0.3 is 5.97 Å². The fraction of sp³-hybridized carbons (Fsp3) is 0.417. The Balaban J connectivity index is 0.000000192. The first-order valence-electron chi connectivity index (χ1n) is 9.93. The number of carboxylic acids is 1. The highest BCUT2D eigenvalue weighted by atomic mass is 16.4. The number of phenols is 1. The zero-order valence-corrected chi connectivity index (χ0v) is 17.1. The van der Waals surface area contributed by atoms with E-state index < -0.39 is 5.97 Å². The highest BCUT2D eigenvalue weighted by Gasteiger charge is 2.42. The number of hydrogen-bond acceptors (Lipinski definition) is 3. The number of rotatable bonds is 1. The molecule has 2 N–H and O–H groups in total. The number of para-hydroxylation sites is 1. The molecule has 2 aromatic rings. The zero-order valence-electron chi connectivity index (χ0n) is 17.1. The van der Waals surface area contributed by atoms with Crippen molar-refractivity contribution in [3.05, 3.63) is 64.2 Å². The summed E-state index contributed by atoms with van der Waals surface area (Å²) in [6.45, 7) is 9.06. The molecule has 2 aliphatic rings. The minimum Gasteiger partial charge on any atom is -0.507 e. The van der Waals surface area contributed by atoms with Crippen LogP contribution in [0.15, 0.2) is 41.4 Å². The van der Waals surface area contributed by atoms with E-state index in [-0.39, 0.29) is 16.9 Å². The third kappa shape index (κ3) is 3.68. The van der Waals surface area contributed by atoms with Gasteiger partial charge in [0.15, 0.2) is 0 Å². The molecule has 2 atom stereocenters. The SMILES string of the molecule is CC1=NC2(C)CCCCC2c2c(C)ccc(C)c21.O=C(O)c1ccccc1O. The Morgan fingerprint density at radius 3 is 2.39 bits per heavy atom. The van der Waals surface area contributed by atoms with Crippen LogP contribution in [0.3, 0.4) is 0 Å². The Kier molecular flexibility index (Phi) is 5.59. The van der Waals surface area contributed by atoms with Crippen molar-refractivity contribution < 1.29 is 15.0 Å². The Bertz CT molecular complexity index is 931. The molecule has 148 valence electrons. The molecule has 1 aliphatic carbocycles. The Hall–Kier alpha value is -2.62. The molecule has 1 heterocycles. The van der Waals surface area contributed by atoms with Gasteiger partial charge in [-0.2, -0.15) is 0 Å². The van der Waals surface area contributed by atoms with E-state index in [0.717, 1.165) is 0 Å². The maximum Gasteiger partial charge on any atom is 0.339 e. The van der Waals surface area contributed by atoms with Gasteiger partial charge in [0.25, 0.3) is 0 Å². The molecule has 0 radical (unpaired) electrons. The first-order chi connectivity index (χ1) is 13.2. The van der Waals surface area contributed by atoms with Crippen molar-refractivity contribution >= 4 is 11.7 Å². The lowest BCUT2D eigenvalue weighted by Gasteiger charge is -2.44. The van der Waals surface area contributed by atoms with Gasteiger partial charge in [-0.05, 0) is 69.4 Å². The number of fused-ring (bicyclic) bond motifs is 3. The van der Waals surface area contributed by atoms with Crippen LogP contribution in [-0.2, 0) is 0 Å². The van der Waals surface area contributed by atoms with Crippen LogP contribution >= 0.6 is 0 Å². The van der Waals surface area contributed by atoms with Gasteiger partial charge in [0.1, 0.15) is 11.3 Å². The number of benzene rings is 2. The average Bonchev–Trinajstić information content (AvgIpc) is 2.64. The lowest BCUT2D eigenvalue weighted by Crippen LogP contribution is -2.39. The van der Waals surface area contributed by atoms with Crippen LogP contribution in [0.25, 0.3) is 0 Å². The van der Waals surface area contributed by atoms with E-state index in [9.17, 15) is 4.79 Å². The number of aryl methyl sites for hydroxylation is 2. The van der Waals surface area contributed by atoms with Crippen molar-refractivity contribution in [3.63, 3.8) is 0 Å². The molecular weight excluding hydrogens is 350 g/mol. The quantitative estimate of drug-likeness (QED) is 0.674. The van der Waals surface area contributed by atoms with Crippen LogP contribution in [0.1, 0.15) is 78.1 Å². The number of aromatic hydroxyl groups is 1. The van der Waals surface area contributed by atoms with Crippen LogP contribution in [0, 0.1) is 13.8 Å². The third-order valence-corrected chi connectivity index (χ3v) is 6.12. The van der Waals surface area contributed by atoms with E-state index in [2.05, 4.69) is 39.8 Å². The lowest BCUT2D eigenvalue weighted by molar-refractivity contribution is 0.0693. The van der Waals surface area contributed by atoms with Crippen molar-refractivity contribution in [1.29, 1.82) is 0 Å². The molecule has 1 saturated carbocycles. The number of hydrogen-bond donors (Lipinski definition) is 2. The molecule has 4 rings (SSSR count). The summed E-state index contributed by atoms with van der Waals surface area (Å²) in [6, 6.07) is 10.4. The lowest BCUT2D eigenvalue weighted by atomic mass is 9.66. The maximum absolute atomic E-state index is 10.3. The summed E-state index contributed by atoms with van der Waals surface area (Å²) in [7, 11) is 0. The Morgan fingerprint density at radius 2 is 1.75 bits per heavy atom. The average molecular weight is 380 g/mol. The van der Waals surface area contributed by atoms with Gasteiger partial charge in [-0.25, -0.2) is 4.79 Å². The number of aliphatic imine (C=N–C) groups is 1. The third-order valence-electron chi connectivity index (χ3n) is 6.12. The number of nitrogens with zero attached hydrogens (tertiary/aromatic N) is 1. The zero-order chi connectivity index (χ0) is 20.5. The molecule has 0 amide bonds. The summed E-state index contributed by atoms with van der Waals surface area (Å²) in [5.41, 5.74) is 7.25. The summed E-state index contributed by atoms with van der Waals surface area (Å²) in [6.07, 6.45) is 5.26. The van der Waals surface area contributed by atoms with Gasteiger partial charge in [-0.15, -0.1) is 0 Å². The van der Waals surface area contributed by atoms with E-state index in [4.69, 9.17) is 15.2 Å². The predicted octanol–water partition coefficient (Wildman–Crippen LogP) is 5.63. The minimum absolute atomic E-state index is 0.0671. The largest absolute Gasteiger partial charge is 0.507 e. The van der Waals surface area contributed by atoms with Crippen molar-refractivity contribution in [3.8, 4) is 5.75 Å². The van der Waals surface area contributed by atoms with E-state index in [0.29, 0.717) is 5.92 Å². The molecule has 0 saturated heterocycles. The molecule has 2 unspecified atom stereocenters. The van der Waals surface area contributed by atoms with Crippen molar-refractivity contribution in [2.24, 2.45) is 4.99 Å². The summed E-state index contributed by atoms with van der Waals surface area (Å²) in [5.74, 6) is -0.669. The smallest absolute Gasteiger partial charge is 0.339 e. The molecule has 4 heteroatoms. The van der Waals surface area contributed by atoms with Crippen molar-refractivity contribution in [2.75, 3.05) is 0 Å². The van der Waals surface area contributed by atoms with Crippen LogP contribution in [0.2, 0.25) is 0 Å². The van der Waals surface area contributed by atoms with E-state index in [1.165, 1.54) is 60.2 Å².